The summed E-state index contributed by atoms with van der Waals surface area (Å²) in [4.78, 5) is 12.8. The Labute approximate surface area is 184 Å². The van der Waals surface area contributed by atoms with Crippen molar-refractivity contribution in [2.45, 2.75) is 43.2 Å². The van der Waals surface area contributed by atoms with Gasteiger partial charge in [-0.25, -0.2) is 8.42 Å². The van der Waals surface area contributed by atoms with E-state index in [2.05, 4.69) is 10.6 Å². The Balaban J connectivity index is 1.73. The monoisotopic (exact) mass is 445 g/mol. The Bertz CT molecular complexity index is 949. The van der Waals surface area contributed by atoms with Gasteiger partial charge in [-0.3, -0.25) is 4.79 Å². The van der Waals surface area contributed by atoms with Crippen LogP contribution in [0.25, 0.3) is 0 Å². The molecule has 1 aliphatic heterocycles. The van der Waals surface area contributed by atoms with Gasteiger partial charge in [0, 0.05) is 19.6 Å². The average molecular weight is 446 g/mol. The minimum Gasteiger partial charge on any atom is -0.381 e. The molecule has 0 spiro atoms. The molecule has 0 aliphatic carbocycles. The van der Waals surface area contributed by atoms with Gasteiger partial charge in [0.15, 0.2) is 6.10 Å². The number of aliphatic hydroxyl groups excluding tert-OH is 1. The van der Waals surface area contributed by atoms with Crippen LogP contribution < -0.4 is 10.6 Å². The lowest BCUT2D eigenvalue weighted by molar-refractivity contribution is -0.130. The summed E-state index contributed by atoms with van der Waals surface area (Å²) in [6.07, 6.45) is 0.636. The summed E-state index contributed by atoms with van der Waals surface area (Å²) in [7, 11) is -3.60. The van der Waals surface area contributed by atoms with Gasteiger partial charge in [-0.1, -0.05) is 48.0 Å². The Hall–Kier alpha value is -2.26. The number of hydrogen-bond donors (Lipinski definition) is 3. The van der Waals surface area contributed by atoms with Gasteiger partial charge in [-0.15, -0.1) is 0 Å². The molecule has 1 fully saturated rings. The quantitative estimate of drug-likeness (QED) is 0.671. The van der Waals surface area contributed by atoms with Crippen LogP contribution in [0.3, 0.4) is 0 Å². The van der Waals surface area contributed by atoms with Gasteiger partial charge in [0.05, 0.1) is 10.9 Å². The molecular weight excluding hydrogens is 414 g/mol. The fourth-order valence-electron chi connectivity index (χ4n) is 3.68. The lowest BCUT2D eigenvalue weighted by atomic mass is 10.0. The molecule has 0 saturated carbocycles. The first kappa shape index (κ1) is 23.4. The van der Waals surface area contributed by atoms with Crippen molar-refractivity contribution in [1.29, 1.82) is 0 Å². The molecular formula is C23H31N3O4S. The van der Waals surface area contributed by atoms with E-state index < -0.39 is 28.1 Å². The van der Waals surface area contributed by atoms with Gasteiger partial charge in [-0.2, -0.15) is 4.31 Å². The molecule has 2 aromatic rings. The SMILES string of the molecule is Cc1ccc(S(=O)(=O)N2CCCCNC(c3ccccc3)[C@@H](O)C(=O)NCCC2)cc1. The predicted octanol–water partition coefficient (Wildman–Crippen LogP) is 1.98. The van der Waals surface area contributed by atoms with Crippen LogP contribution in [0, 0.1) is 6.92 Å². The van der Waals surface area contributed by atoms with Gasteiger partial charge in [0.1, 0.15) is 0 Å². The number of nitrogens with one attached hydrogen (secondary N) is 2. The van der Waals surface area contributed by atoms with E-state index in [4.69, 9.17) is 0 Å². The summed E-state index contributed by atoms with van der Waals surface area (Å²) in [5, 5.41) is 16.6. The summed E-state index contributed by atoms with van der Waals surface area (Å²) in [5.74, 6) is -0.464. The van der Waals surface area contributed by atoms with Gasteiger partial charge in [0.25, 0.3) is 5.91 Å². The third-order valence-corrected chi connectivity index (χ3v) is 7.40. The molecule has 1 unspecified atom stereocenters. The summed E-state index contributed by atoms with van der Waals surface area (Å²) in [6, 6.07) is 15.7. The first-order valence-electron chi connectivity index (χ1n) is 10.7. The van der Waals surface area contributed by atoms with Crippen LogP contribution >= 0.6 is 0 Å². The molecule has 8 heteroatoms. The van der Waals surface area contributed by atoms with Gasteiger partial charge < -0.3 is 15.7 Å². The maximum absolute atomic E-state index is 13.1. The number of hydrogen-bond acceptors (Lipinski definition) is 5. The number of aliphatic hydroxyl groups is 1. The van der Waals surface area contributed by atoms with Gasteiger partial charge >= 0.3 is 0 Å². The second-order valence-electron chi connectivity index (χ2n) is 7.86. The number of carbonyl (C=O) groups excluding carboxylic acids is 1. The summed E-state index contributed by atoms with van der Waals surface area (Å²) >= 11 is 0. The molecule has 31 heavy (non-hydrogen) atoms. The van der Waals surface area contributed by atoms with Crippen LogP contribution in [0.1, 0.15) is 36.4 Å². The molecule has 2 aromatic carbocycles. The van der Waals surface area contributed by atoms with Crippen molar-refractivity contribution in [3.63, 3.8) is 0 Å². The lowest BCUT2D eigenvalue weighted by Gasteiger charge is -2.24. The first-order valence-corrected chi connectivity index (χ1v) is 12.1. The molecule has 0 bridgehead atoms. The molecule has 1 amide bonds. The average Bonchev–Trinajstić information content (AvgIpc) is 2.78. The molecule has 168 valence electrons. The third-order valence-electron chi connectivity index (χ3n) is 5.48. The van der Waals surface area contributed by atoms with E-state index >= 15 is 0 Å². The topological polar surface area (TPSA) is 98.7 Å². The maximum Gasteiger partial charge on any atom is 0.250 e. The molecule has 0 aromatic heterocycles. The molecule has 2 atom stereocenters. The van der Waals surface area contributed by atoms with Crippen molar-refractivity contribution in [2.24, 2.45) is 0 Å². The second kappa shape index (κ2) is 10.9. The number of rotatable bonds is 3. The van der Waals surface area contributed by atoms with E-state index in [-0.39, 0.29) is 11.4 Å². The zero-order valence-electron chi connectivity index (χ0n) is 17.8. The number of benzene rings is 2. The van der Waals surface area contributed by atoms with Crippen molar-refractivity contribution in [3.05, 3.63) is 65.7 Å². The Morgan fingerprint density at radius 3 is 2.32 bits per heavy atom. The first-order chi connectivity index (χ1) is 14.9. The van der Waals surface area contributed by atoms with E-state index in [1.54, 1.807) is 24.3 Å². The fraction of sp³-hybridized carbons (Fsp3) is 0.435. The van der Waals surface area contributed by atoms with E-state index in [0.717, 1.165) is 17.5 Å². The number of amides is 1. The highest BCUT2D eigenvalue weighted by Crippen LogP contribution is 2.20. The molecule has 1 aliphatic rings. The Morgan fingerprint density at radius 1 is 0.935 bits per heavy atom. The third kappa shape index (κ3) is 6.13. The smallest absolute Gasteiger partial charge is 0.250 e. The van der Waals surface area contributed by atoms with E-state index in [9.17, 15) is 18.3 Å². The van der Waals surface area contributed by atoms with Crippen LogP contribution in [-0.4, -0.2) is 56.0 Å². The summed E-state index contributed by atoms with van der Waals surface area (Å²) < 4.78 is 27.7. The van der Waals surface area contributed by atoms with Crippen molar-refractivity contribution in [3.8, 4) is 0 Å². The second-order valence-corrected chi connectivity index (χ2v) is 9.79. The molecule has 3 rings (SSSR count). The van der Waals surface area contributed by atoms with Crippen LogP contribution in [0.4, 0.5) is 0 Å². The van der Waals surface area contributed by atoms with Crippen LogP contribution in [0.15, 0.2) is 59.5 Å². The zero-order chi connectivity index (χ0) is 22.3. The summed E-state index contributed by atoms with van der Waals surface area (Å²) in [6.45, 7) is 3.48. The van der Waals surface area contributed by atoms with Crippen molar-refractivity contribution >= 4 is 15.9 Å². The largest absolute Gasteiger partial charge is 0.381 e. The summed E-state index contributed by atoms with van der Waals surface area (Å²) in [5.41, 5.74) is 1.84. The van der Waals surface area contributed by atoms with E-state index in [0.29, 0.717) is 32.5 Å². The highest BCUT2D eigenvalue weighted by Gasteiger charge is 2.28. The van der Waals surface area contributed by atoms with Crippen molar-refractivity contribution in [1.82, 2.24) is 14.9 Å². The predicted molar refractivity (Wildman–Crippen MR) is 120 cm³/mol. The van der Waals surface area contributed by atoms with Crippen LogP contribution in [0.5, 0.6) is 0 Å². The molecule has 3 N–H and O–H groups in total. The normalized spacial score (nSPS) is 22.6. The van der Waals surface area contributed by atoms with Crippen LogP contribution in [0.2, 0.25) is 0 Å². The van der Waals surface area contributed by atoms with E-state index in [1.807, 2.05) is 37.3 Å². The van der Waals surface area contributed by atoms with Gasteiger partial charge in [-0.05, 0) is 50.4 Å². The molecule has 7 nitrogen and oxygen atoms in total. The molecule has 0 radical (unpaired) electrons. The highest BCUT2D eigenvalue weighted by atomic mass is 32.2. The number of nitrogens with zero attached hydrogens (tertiary/aromatic N) is 1. The maximum atomic E-state index is 13.1. The minimum atomic E-state index is -3.60. The zero-order valence-corrected chi connectivity index (χ0v) is 18.6. The number of sulfonamides is 1. The fourth-order valence-corrected chi connectivity index (χ4v) is 5.19. The van der Waals surface area contributed by atoms with Crippen LogP contribution in [-0.2, 0) is 14.8 Å². The molecule has 1 heterocycles. The Kier molecular flexibility index (Phi) is 8.20. The highest BCUT2D eigenvalue weighted by molar-refractivity contribution is 7.89. The van der Waals surface area contributed by atoms with Crippen molar-refractivity contribution < 1.29 is 18.3 Å². The van der Waals surface area contributed by atoms with Crippen molar-refractivity contribution in [2.75, 3.05) is 26.2 Å². The lowest BCUT2D eigenvalue weighted by Crippen LogP contribution is -2.44. The molecule has 1 saturated heterocycles. The number of carbonyl (C=O) groups is 1. The standard InChI is InChI=1S/C23H31N3O4S/c1-18-10-12-20(13-11-18)31(29,30)26-16-6-5-14-24-21(19-8-3-2-4-9-19)22(27)23(28)25-15-7-17-26/h2-4,8-13,21-22,24,27H,5-7,14-17H2,1H3,(H,25,28)/t21?,22-/m1/s1. The Morgan fingerprint density at radius 2 is 1.61 bits per heavy atom. The number of aryl methyl sites for hydroxylation is 1. The van der Waals surface area contributed by atoms with Gasteiger partial charge in [0.2, 0.25) is 10.0 Å². The minimum absolute atomic E-state index is 0.282. The van der Waals surface area contributed by atoms with E-state index in [1.165, 1.54) is 4.31 Å².